The van der Waals surface area contributed by atoms with E-state index >= 15 is 0 Å². The Morgan fingerprint density at radius 1 is 1.42 bits per heavy atom. The molecular weight excluding hydrogens is 242 g/mol. The van der Waals surface area contributed by atoms with Gasteiger partial charge in [0.25, 0.3) is 0 Å². The van der Waals surface area contributed by atoms with Gasteiger partial charge in [0.1, 0.15) is 12.4 Å². The van der Waals surface area contributed by atoms with Gasteiger partial charge in [0.2, 0.25) is 0 Å². The van der Waals surface area contributed by atoms with Gasteiger partial charge in [0.05, 0.1) is 19.0 Å². The molecule has 0 spiro atoms. The first-order chi connectivity index (χ1) is 9.22. The molecule has 0 radical (unpaired) electrons. The van der Waals surface area contributed by atoms with Crippen molar-refractivity contribution in [2.45, 2.75) is 58.3 Å². The van der Waals surface area contributed by atoms with E-state index in [0.29, 0.717) is 25.8 Å². The Kier molecular flexibility index (Phi) is 8.54. The number of aliphatic hydroxyl groups excluding tert-OH is 1. The van der Waals surface area contributed by atoms with Crippen LogP contribution in [0.2, 0.25) is 0 Å². The molecule has 0 saturated heterocycles. The molecule has 0 aromatic carbocycles. The zero-order valence-corrected chi connectivity index (χ0v) is 12.1. The maximum atomic E-state index is 9.78. The van der Waals surface area contributed by atoms with E-state index in [1.807, 2.05) is 12.1 Å². The fourth-order valence-electron chi connectivity index (χ4n) is 1.89. The molecule has 0 amide bonds. The molecular formula is C15H27NO3. The SMILES string of the molecule is CCCCCC(C)NCC(O)COCc1ccco1. The minimum atomic E-state index is -0.469. The Morgan fingerprint density at radius 2 is 2.26 bits per heavy atom. The first-order valence-electron chi connectivity index (χ1n) is 7.24. The van der Waals surface area contributed by atoms with E-state index in [2.05, 4.69) is 19.2 Å². The number of rotatable bonds is 11. The summed E-state index contributed by atoms with van der Waals surface area (Å²) in [6.07, 6.45) is 6.08. The Balaban J connectivity index is 1.99. The van der Waals surface area contributed by atoms with Gasteiger partial charge in [-0.05, 0) is 25.5 Å². The first kappa shape index (κ1) is 16.2. The van der Waals surface area contributed by atoms with Crippen LogP contribution in [0.4, 0.5) is 0 Å². The number of hydrogen-bond donors (Lipinski definition) is 2. The molecule has 2 N–H and O–H groups in total. The van der Waals surface area contributed by atoms with Crippen molar-refractivity contribution in [3.8, 4) is 0 Å². The van der Waals surface area contributed by atoms with Crippen molar-refractivity contribution in [1.82, 2.24) is 5.32 Å². The number of nitrogens with one attached hydrogen (secondary N) is 1. The maximum Gasteiger partial charge on any atom is 0.129 e. The summed E-state index contributed by atoms with van der Waals surface area (Å²) < 4.78 is 10.5. The van der Waals surface area contributed by atoms with Crippen LogP contribution in [0.5, 0.6) is 0 Å². The lowest BCUT2D eigenvalue weighted by molar-refractivity contribution is 0.0216. The summed E-state index contributed by atoms with van der Waals surface area (Å²) in [5, 5.41) is 13.1. The van der Waals surface area contributed by atoms with Gasteiger partial charge in [-0.2, -0.15) is 0 Å². The van der Waals surface area contributed by atoms with Gasteiger partial charge >= 0.3 is 0 Å². The Hall–Kier alpha value is -0.840. The quantitative estimate of drug-likeness (QED) is 0.606. The van der Waals surface area contributed by atoms with Crippen LogP contribution >= 0.6 is 0 Å². The second-order valence-corrected chi connectivity index (χ2v) is 5.05. The van der Waals surface area contributed by atoms with Crippen LogP contribution in [0.1, 0.15) is 45.3 Å². The predicted octanol–water partition coefficient (Wildman–Crippen LogP) is 2.72. The molecule has 0 aliphatic heterocycles. The van der Waals surface area contributed by atoms with Crippen LogP contribution in [0.3, 0.4) is 0 Å². The van der Waals surface area contributed by atoms with Gasteiger partial charge < -0.3 is 19.6 Å². The molecule has 0 saturated carbocycles. The summed E-state index contributed by atoms with van der Waals surface area (Å²) >= 11 is 0. The summed E-state index contributed by atoms with van der Waals surface area (Å²) in [7, 11) is 0. The molecule has 0 fully saturated rings. The van der Waals surface area contributed by atoms with Crippen LogP contribution in [-0.4, -0.2) is 30.4 Å². The lowest BCUT2D eigenvalue weighted by Crippen LogP contribution is -2.35. The Labute approximate surface area is 116 Å². The van der Waals surface area contributed by atoms with E-state index in [0.717, 1.165) is 12.2 Å². The molecule has 1 aromatic heterocycles. The Bertz CT molecular complexity index is 300. The predicted molar refractivity (Wildman–Crippen MR) is 76.0 cm³/mol. The molecule has 1 aromatic rings. The lowest BCUT2D eigenvalue weighted by atomic mass is 10.1. The Morgan fingerprint density at radius 3 is 2.95 bits per heavy atom. The monoisotopic (exact) mass is 269 g/mol. The highest BCUT2D eigenvalue weighted by atomic mass is 16.5. The number of hydrogen-bond acceptors (Lipinski definition) is 4. The standard InChI is InChI=1S/C15H27NO3/c1-3-4-5-7-13(2)16-10-14(17)11-18-12-15-8-6-9-19-15/h6,8-9,13-14,16-17H,3-5,7,10-12H2,1-2H3. The van der Waals surface area contributed by atoms with E-state index in [1.54, 1.807) is 6.26 Å². The van der Waals surface area contributed by atoms with E-state index < -0.39 is 6.10 Å². The van der Waals surface area contributed by atoms with Gasteiger partial charge in [0.15, 0.2) is 0 Å². The summed E-state index contributed by atoms with van der Waals surface area (Å²) in [6, 6.07) is 4.14. The highest BCUT2D eigenvalue weighted by Gasteiger charge is 2.07. The third kappa shape index (κ3) is 8.03. The van der Waals surface area contributed by atoms with Crippen LogP contribution < -0.4 is 5.32 Å². The third-order valence-corrected chi connectivity index (χ3v) is 3.08. The highest BCUT2D eigenvalue weighted by molar-refractivity contribution is 4.96. The minimum absolute atomic E-state index is 0.329. The summed E-state index contributed by atoms with van der Waals surface area (Å²) in [5.41, 5.74) is 0. The molecule has 0 bridgehead atoms. The van der Waals surface area contributed by atoms with E-state index in [9.17, 15) is 5.11 Å². The average Bonchev–Trinajstić information content (AvgIpc) is 2.90. The first-order valence-corrected chi connectivity index (χ1v) is 7.24. The molecule has 1 heterocycles. The molecule has 4 nitrogen and oxygen atoms in total. The maximum absolute atomic E-state index is 9.78. The fourth-order valence-corrected chi connectivity index (χ4v) is 1.89. The van der Waals surface area contributed by atoms with E-state index in [4.69, 9.17) is 9.15 Å². The van der Waals surface area contributed by atoms with Crippen molar-refractivity contribution in [2.75, 3.05) is 13.2 Å². The smallest absolute Gasteiger partial charge is 0.129 e. The van der Waals surface area contributed by atoms with E-state index in [-0.39, 0.29) is 0 Å². The van der Waals surface area contributed by atoms with Crippen LogP contribution in [0, 0.1) is 0 Å². The number of aliphatic hydroxyl groups is 1. The molecule has 4 heteroatoms. The van der Waals surface area contributed by atoms with Crippen molar-refractivity contribution in [3.05, 3.63) is 24.2 Å². The van der Waals surface area contributed by atoms with Gasteiger partial charge in [-0.15, -0.1) is 0 Å². The molecule has 19 heavy (non-hydrogen) atoms. The van der Waals surface area contributed by atoms with Crippen molar-refractivity contribution in [3.63, 3.8) is 0 Å². The molecule has 0 aliphatic carbocycles. The molecule has 2 unspecified atom stereocenters. The topological polar surface area (TPSA) is 54.6 Å². The summed E-state index contributed by atoms with van der Waals surface area (Å²) in [4.78, 5) is 0. The van der Waals surface area contributed by atoms with Gasteiger partial charge in [-0.25, -0.2) is 0 Å². The average molecular weight is 269 g/mol. The molecule has 2 atom stereocenters. The summed E-state index contributed by atoms with van der Waals surface area (Å²) in [5.74, 6) is 0.785. The van der Waals surface area contributed by atoms with Gasteiger partial charge in [-0.1, -0.05) is 26.2 Å². The molecule has 1 rings (SSSR count). The molecule has 110 valence electrons. The van der Waals surface area contributed by atoms with Crippen LogP contribution in [0.25, 0.3) is 0 Å². The second-order valence-electron chi connectivity index (χ2n) is 5.05. The third-order valence-electron chi connectivity index (χ3n) is 3.08. The zero-order chi connectivity index (χ0) is 13.9. The van der Waals surface area contributed by atoms with Crippen molar-refractivity contribution < 1.29 is 14.3 Å². The van der Waals surface area contributed by atoms with E-state index in [1.165, 1.54) is 19.3 Å². The highest BCUT2D eigenvalue weighted by Crippen LogP contribution is 2.04. The van der Waals surface area contributed by atoms with Gasteiger partial charge in [-0.3, -0.25) is 0 Å². The zero-order valence-electron chi connectivity index (χ0n) is 12.1. The van der Waals surface area contributed by atoms with Gasteiger partial charge in [0, 0.05) is 12.6 Å². The van der Waals surface area contributed by atoms with Crippen molar-refractivity contribution in [2.24, 2.45) is 0 Å². The largest absolute Gasteiger partial charge is 0.467 e. The fraction of sp³-hybridized carbons (Fsp3) is 0.733. The normalized spacial score (nSPS) is 14.5. The van der Waals surface area contributed by atoms with Crippen molar-refractivity contribution >= 4 is 0 Å². The number of unbranched alkanes of at least 4 members (excludes halogenated alkanes) is 2. The van der Waals surface area contributed by atoms with Crippen LogP contribution in [-0.2, 0) is 11.3 Å². The lowest BCUT2D eigenvalue weighted by Gasteiger charge is -2.17. The minimum Gasteiger partial charge on any atom is -0.467 e. The van der Waals surface area contributed by atoms with Crippen LogP contribution in [0.15, 0.2) is 22.8 Å². The van der Waals surface area contributed by atoms with Crippen molar-refractivity contribution in [1.29, 1.82) is 0 Å². The second kappa shape index (κ2) is 10.0. The number of ether oxygens (including phenoxy) is 1. The summed E-state index contributed by atoms with van der Waals surface area (Å²) in [6.45, 7) is 5.68. The molecule has 0 aliphatic rings. The number of furan rings is 1.